The van der Waals surface area contributed by atoms with Gasteiger partial charge in [0.15, 0.2) is 5.78 Å². The maximum Gasteiger partial charge on any atom is 0.256 e. The molecule has 0 spiro atoms. The van der Waals surface area contributed by atoms with Crippen molar-refractivity contribution in [3.8, 4) is 0 Å². The van der Waals surface area contributed by atoms with E-state index in [9.17, 15) is 9.59 Å². The van der Waals surface area contributed by atoms with Crippen LogP contribution in [-0.2, 0) is 5.54 Å². The van der Waals surface area contributed by atoms with Crippen LogP contribution in [0.3, 0.4) is 0 Å². The van der Waals surface area contributed by atoms with E-state index in [2.05, 4.69) is 6.92 Å². The van der Waals surface area contributed by atoms with E-state index in [0.717, 1.165) is 5.56 Å². The Kier molecular flexibility index (Phi) is 3.20. The fourth-order valence-electron chi connectivity index (χ4n) is 3.92. The number of benzene rings is 2. The lowest BCUT2D eigenvalue weighted by Gasteiger charge is -2.49. The first-order chi connectivity index (χ1) is 11.6. The smallest absolute Gasteiger partial charge is 0.256 e. The van der Waals surface area contributed by atoms with Gasteiger partial charge in [-0.3, -0.25) is 9.59 Å². The van der Waals surface area contributed by atoms with Gasteiger partial charge in [0.2, 0.25) is 0 Å². The number of nitrogens with zero attached hydrogens (tertiary/aromatic N) is 1. The van der Waals surface area contributed by atoms with Gasteiger partial charge in [-0.25, -0.2) is 0 Å². The molecule has 2 aromatic rings. The maximum absolute atomic E-state index is 13.6. The summed E-state index contributed by atoms with van der Waals surface area (Å²) < 4.78 is 0. The van der Waals surface area contributed by atoms with E-state index in [-0.39, 0.29) is 11.7 Å². The molecule has 0 saturated heterocycles. The fourth-order valence-corrected chi connectivity index (χ4v) is 3.92. The minimum Gasteiger partial charge on any atom is -0.317 e. The third kappa shape index (κ3) is 1.84. The molecule has 1 unspecified atom stereocenters. The zero-order valence-corrected chi connectivity index (χ0v) is 13.9. The third-order valence-corrected chi connectivity index (χ3v) is 5.38. The van der Waals surface area contributed by atoms with Gasteiger partial charge in [-0.2, -0.15) is 0 Å². The van der Waals surface area contributed by atoms with Gasteiger partial charge in [0.05, 0.1) is 5.56 Å². The van der Waals surface area contributed by atoms with Gasteiger partial charge in [0.25, 0.3) is 5.91 Å². The largest absolute Gasteiger partial charge is 0.317 e. The number of hydrogen-bond acceptors (Lipinski definition) is 2. The Bertz CT molecular complexity index is 882. The average Bonchev–Trinajstić information content (AvgIpc) is 2.62. The predicted molar refractivity (Wildman–Crippen MR) is 92.9 cm³/mol. The molecule has 1 amide bonds. The van der Waals surface area contributed by atoms with Crippen molar-refractivity contribution in [3.05, 3.63) is 82.4 Å². The molecule has 2 aliphatic heterocycles. The Morgan fingerprint density at radius 2 is 1.46 bits per heavy atom. The lowest BCUT2D eigenvalue weighted by atomic mass is 9.70. The molecule has 2 heterocycles. The Hall–Kier alpha value is -2.68. The van der Waals surface area contributed by atoms with Gasteiger partial charge in [-0.1, -0.05) is 59.7 Å². The molecule has 0 fully saturated rings. The Morgan fingerprint density at radius 3 is 2.17 bits per heavy atom. The minimum absolute atomic E-state index is 0.0238. The van der Waals surface area contributed by atoms with E-state index in [1.54, 1.807) is 17.0 Å². The molecule has 24 heavy (non-hydrogen) atoms. The molecular weight excluding hydrogens is 298 g/mol. The molecule has 0 aromatic heterocycles. The van der Waals surface area contributed by atoms with Gasteiger partial charge in [0.1, 0.15) is 5.54 Å². The first kappa shape index (κ1) is 14.9. The zero-order chi connectivity index (χ0) is 16.9. The Labute approximate surface area is 141 Å². The minimum atomic E-state index is -0.920. The zero-order valence-electron chi connectivity index (χ0n) is 13.9. The lowest BCUT2D eigenvalue weighted by Crippen LogP contribution is -2.60. The maximum atomic E-state index is 13.6. The van der Waals surface area contributed by atoms with Crippen molar-refractivity contribution in [2.75, 3.05) is 6.54 Å². The van der Waals surface area contributed by atoms with E-state index in [1.165, 1.54) is 11.1 Å². The first-order valence-corrected chi connectivity index (χ1v) is 8.22. The number of fused-ring (bicyclic) bond motifs is 2. The summed E-state index contributed by atoms with van der Waals surface area (Å²) >= 11 is 0. The van der Waals surface area contributed by atoms with Crippen LogP contribution in [0.5, 0.6) is 0 Å². The van der Waals surface area contributed by atoms with Crippen LogP contribution in [0.15, 0.2) is 65.7 Å². The number of ketones is 1. The van der Waals surface area contributed by atoms with E-state index in [4.69, 9.17) is 0 Å². The number of amides is 1. The molecule has 0 bridgehead atoms. The van der Waals surface area contributed by atoms with Crippen molar-refractivity contribution in [1.29, 1.82) is 0 Å². The second-order valence-corrected chi connectivity index (χ2v) is 6.73. The summed E-state index contributed by atoms with van der Waals surface area (Å²) in [7, 11) is 0. The third-order valence-electron chi connectivity index (χ3n) is 5.38. The van der Waals surface area contributed by atoms with E-state index in [0.29, 0.717) is 24.1 Å². The molecule has 2 aromatic carbocycles. The normalized spacial score (nSPS) is 23.2. The highest BCUT2D eigenvalue weighted by Gasteiger charge is 2.54. The summed E-state index contributed by atoms with van der Waals surface area (Å²) in [4.78, 5) is 28.5. The molecule has 3 nitrogen and oxygen atoms in total. The van der Waals surface area contributed by atoms with Crippen molar-refractivity contribution >= 4 is 11.7 Å². The molecule has 0 saturated carbocycles. The highest BCUT2D eigenvalue weighted by atomic mass is 16.2. The van der Waals surface area contributed by atoms with Gasteiger partial charge < -0.3 is 4.90 Å². The monoisotopic (exact) mass is 317 g/mol. The quantitative estimate of drug-likeness (QED) is 0.747. The second-order valence-electron chi connectivity index (χ2n) is 6.73. The molecule has 2 aliphatic rings. The van der Waals surface area contributed by atoms with E-state index < -0.39 is 5.54 Å². The van der Waals surface area contributed by atoms with Crippen LogP contribution < -0.4 is 0 Å². The molecule has 1 atom stereocenters. The fraction of sp³-hybridized carbons (Fsp3) is 0.238. The summed E-state index contributed by atoms with van der Waals surface area (Å²) in [6.07, 6.45) is 0.557. The lowest BCUT2D eigenvalue weighted by molar-refractivity contribution is 0.0349. The van der Waals surface area contributed by atoms with Crippen molar-refractivity contribution < 1.29 is 9.59 Å². The summed E-state index contributed by atoms with van der Waals surface area (Å²) in [6, 6.07) is 16.9. The Morgan fingerprint density at radius 1 is 0.833 bits per heavy atom. The van der Waals surface area contributed by atoms with Crippen LogP contribution in [0.1, 0.15) is 46.5 Å². The van der Waals surface area contributed by atoms with Crippen LogP contribution >= 0.6 is 0 Å². The predicted octanol–water partition coefficient (Wildman–Crippen LogP) is 3.96. The van der Waals surface area contributed by atoms with Crippen LogP contribution in [0.4, 0.5) is 0 Å². The van der Waals surface area contributed by atoms with Crippen LogP contribution in [0.2, 0.25) is 0 Å². The Balaban J connectivity index is 2.02. The number of carbonyl (C=O) groups excluding carboxylic acids is 2. The molecule has 0 aliphatic carbocycles. The van der Waals surface area contributed by atoms with Crippen molar-refractivity contribution in [2.45, 2.75) is 25.8 Å². The molecule has 4 rings (SSSR count). The summed E-state index contributed by atoms with van der Waals surface area (Å²) in [5, 5.41) is 0. The SMILES string of the molecule is CC1=C(C)CC2(c3ccccc3)C(=O)c3ccccc3C(=O)N2C1. The summed E-state index contributed by atoms with van der Waals surface area (Å²) in [5.41, 5.74) is 3.38. The number of hydrogen-bond donors (Lipinski definition) is 0. The van der Waals surface area contributed by atoms with Crippen molar-refractivity contribution in [3.63, 3.8) is 0 Å². The van der Waals surface area contributed by atoms with E-state index >= 15 is 0 Å². The summed E-state index contributed by atoms with van der Waals surface area (Å²) in [6.45, 7) is 4.61. The summed E-state index contributed by atoms with van der Waals surface area (Å²) in [5.74, 6) is -0.0309. The first-order valence-electron chi connectivity index (χ1n) is 8.22. The molecule has 0 radical (unpaired) electrons. The van der Waals surface area contributed by atoms with E-state index in [1.807, 2.05) is 49.4 Å². The highest BCUT2D eigenvalue weighted by Crippen LogP contribution is 2.46. The average molecular weight is 317 g/mol. The molecule has 0 N–H and O–H groups in total. The molecule has 120 valence electrons. The van der Waals surface area contributed by atoms with Gasteiger partial charge in [-0.15, -0.1) is 0 Å². The van der Waals surface area contributed by atoms with Crippen LogP contribution in [0, 0.1) is 0 Å². The highest BCUT2D eigenvalue weighted by molar-refractivity contribution is 6.17. The molecular formula is C21H19NO2. The van der Waals surface area contributed by atoms with Gasteiger partial charge in [0, 0.05) is 18.5 Å². The number of carbonyl (C=O) groups is 2. The number of Topliss-reactive ketones (excluding diaryl/α,β-unsaturated/α-hetero) is 1. The standard InChI is InChI=1S/C21H19NO2/c1-14-12-21(16-8-4-3-5-9-16)19(23)17-10-6-7-11-18(17)20(24)22(21)13-15(14)2/h3-11H,12-13H2,1-2H3. The van der Waals surface area contributed by atoms with Crippen molar-refractivity contribution in [1.82, 2.24) is 4.90 Å². The second kappa shape index (κ2) is 5.17. The number of rotatable bonds is 1. The van der Waals surface area contributed by atoms with Crippen LogP contribution in [-0.4, -0.2) is 23.1 Å². The topological polar surface area (TPSA) is 37.4 Å². The van der Waals surface area contributed by atoms with Crippen LogP contribution in [0.25, 0.3) is 0 Å². The molecule has 3 heteroatoms. The van der Waals surface area contributed by atoms with Gasteiger partial charge >= 0.3 is 0 Å². The van der Waals surface area contributed by atoms with Crippen molar-refractivity contribution in [2.24, 2.45) is 0 Å². The van der Waals surface area contributed by atoms with Gasteiger partial charge in [-0.05, 0) is 25.5 Å².